The van der Waals surface area contributed by atoms with E-state index in [1.807, 2.05) is 0 Å². The van der Waals surface area contributed by atoms with Crippen LogP contribution in [0.3, 0.4) is 0 Å². The van der Waals surface area contributed by atoms with Gasteiger partial charge >= 0.3 is 6.18 Å². The Balaban J connectivity index is 2.07. The summed E-state index contributed by atoms with van der Waals surface area (Å²) in [5.74, 6) is -0.218. The fraction of sp³-hybridized carbons (Fsp3) is 0.450. The Morgan fingerprint density at radius 2 is 1.88 bits per heavy atom. The van der Waals surface area contributed by atoms with E-state index >= 15 is 0 Å². The number of aromatic nitrogens is 2. The summed E-state index contributed by atoms with van der Waals surface area (Å²) in [6, 6.07) is 8.28. The molecule has 1 fully saturated rings. The molecule has 0 radical (unpaired) electrons. The van der Waals surface area contributed by atoms with Gasteiger partial charge in [-0.05, 0) is 24.6 Å². The lowest BCUT2D eigenvalue weighted by molar-refractivity contribution is -0.141. The van der Waals surface area contributed by atoms with E-state index in [-0.39, 0.29) is 62.0 Å². The van der Waals surface area contributed by atoms with E-state index in [1.165, 1.54) is 4.31 Å². The number of alkyl halides is 3. The van der Waals surface area contributed by atoms with Crippen LogP contribution in [0.5, 0.6) is 0 Å². The molecule has 12 heteroatoms. The zero-order valence-corrected chi connectivity index (χ0v) is 18.8. The molecule has 0 spiro atoms. The monoisotopic (exact) mass is 487 g/mol. The average Bonchev–Trinajstić information content (AvgIpc) is 2.74. The molecule has 0 atom stereocenters. The second kappa shape index (κ2) is 9.60. The van der Waals surface area contributed by atoms with Crippen LogP contribution < -0.4 is 4.90 Å². The molecule has 32 heavy (non-hydrogen) atoms. The summed E-state index contributed by atoms with van der Waals surface area (Å²) in [5.41, 5.74) is -0.683. The van der Waals surface area contributed by atoms with E-state index in [9.17, 15) is 21.6 Å². The number of sulfonamides is 1. The minimum Gasteiger partial charge on any atom is -0.354 e. The standard InChI is InChI=1S/C20H21ClF3N5O2S/c1-2-32(30,31)29-10-8-28(9-11-29)19-16(13-14-4-3-5-15(21)12-14)18(20(22,23)24)26-17(27-19)6-7-25/h3-5,12H,2,6,8-11,13H2,1H3. The van der Waals surface area contributed by atoms with Gasteiger partial charge in [-0.25, -0.2) is 18.4 Å². The predicted octanol–water partition coefficient (Wildman–Crippen LogP) is 3.28. The first-order valence-corrected chi connectivity index (χ1v) is 11.8. The van der Waals surface area contributed by atoms with Crippen molar-refractivity contribution in [2.75, 3.05) is 36.8 Å². The number of benzene rings is 1. The Hall–Kier alpha value is -2.42. The van der Waals surface area contributed by atoms with Gasteiger partial charge in [-0.2, -0.15) is 22.7 Å². The van der Waals surface area contributed by atoms with E-state index < -0.39 is 21.9 Å². The van der Waals surface area contributed by atoms with Gasteiger partial charge in [0, 0.05) is 43.2 Å². The van der Waals surface area contributed by atoms with Crippen LogP contribution in [0.15, 0.2) is 24.3 Å². The number of halogens is 4. The van der Waals surface area contributed by atoms with Gasteiger partial charge in [0.25, 0.3) is 0 Å². The molecule has 2 heterocycles. The molecule has 2 aromatic rings. The van der Waals surface area contributed by atoms with Crippen LogP contribution in [0.4, 0.5) is 19.0 Å². The van der Waals surface area contributed by atoms with Crippen LogP contribution in [-0.2, 0) is 29.0 Å². The van der Waals surface area contributed by atoms with E-state index in [1.54, 1.807) is 42.2 Å². The van der Waals surface area contributed by atoms with Crippen LogP contribution in [-0.4, -0.2) is 54.6 Å². The SMILES string of the molecule is CCS(=O)(=O)N1CCN(c2nc(CC#N)nc(C(F)(F)F)c2Cc2cccc(Cl)c2)CC1. The summed E-state index contributed by atoms with van der Waals surface area (Å²) in [6.07, 6.45) is -5.26. The average molecular weight is 488 g/mol. The van der Waals surface area contributed by atoms with Crippen LogP contribution in [0.1, 0.15) is 29.6 Å². The van der Waals surface area contributed by atoms with Gasteiger partial charge in [0.15, 0.2) is 5.69 Å². The van der Waals surface area contributed by atoms with Gasteiger partial charge in [0.2, 0.25) is 10.0 Å². The first-order valence-electron chi connectivity index (χ1n) is 9.86. The van der Waals surface area contributed by atoms with Gasteiger partial charge < -0.3 is 4.90 Å². The Morgan fingerprint density at radius 3 is 2.44 bits per heavy atom. The lowest BCUT2D eigenvalue weighted by atomic mass is 10.0. The summed E-state index contributed by atoms with van der Waals surface area (Å²) in [5, 5.41) is 9.38. The Bertz CT molecular complexity index is 1130. The van der Waals surface area contributed by atoms with Crippen molar-refractivity contribution in [2.45, 2.75) is 25.9 Å². The zero-order chi connectivity index (χ0) is 23.5. The quantitative estimate of drug-likeness (QED) is 0.621. The second-order valence-corrected chi connectivity index (χ2v) is 9.91. The zero-order valence-electron chi connectivity index (χ0n) is 17.2. The molecule has 0 aliphatic carbocycles. The van der Waals surface area contributed by atoms with Crippen LogP contribution in [0.2, 0.25) is 5.02 Å². The highest BCUT2D eigenvalue weighted by Gasteiger charge is 2.39. The molecule has 0 unspecified atom stereocenters. The fourth-order valence-electron chi connectivity index (χ4n) is 3.54. The summed E-state index contributed by atoms with van der Waals surface area (Å²) >= 11 is 6.01. The molecule has 1 aromatic heterocycles. The van der Waals surface area contributed by atoms with Gasteiger partial charge in [-0.3, -0.25) is 0 Å². The molecule has 7 nitrogen and oxygen atoms in total. The van der Waals surface area contributed by atoms with Crippen molar-refractivity contribution in [3.8, 4) is 6.07 Å². The van der Waals surface area contributed by atoms with Crippen molar-refractivity contribution >= 4 is 27.4 Å². The Labute approximate surface area is 189 Å². The molecule has 0 bridgehead atoms. The maximum Gasteiger partial charge on any atom is 0.433 e. The molecule has 172 valence electrons. The van der Waals surface area contributed by atoms with Gasteiger partial charge in [0.05, 0.1) is 18.2 Å². The summed E-state index contributed by atoms with van der Waals surface area (Å²) in [7, 11) is -3.40. The normalized spacial score (nSPS) is 15.6. The number of anilines is 1. The Kier molecular flexibility index (Phi) is 7.27. The van der Waals surface area contributed by atoms with Crippen molar-refractivity contribution in [2.24, 2.45) is 0 Å². The minimum atomic E-state index is -4.76. The molecule has 1 aliphatic rings. The third-order valence-electron chi connectivity index (χ3n) is 5.10. The number of piperazine rings is 1. The fourth-order valence-corrected chi connectivity index (χ4v) is 4.84. The van der Waals surface area contributed by atoms with E-state index in [0.29, 0.717) is 10.6 Å². The molecule has 1 aromatic carbocycles. The third-order valence-corrected chi connectivity index (χ3v) is 7.22. The smallest absolute Gasteiger partial charge is 0.354 e. The van der Waals surface area contributed by atoms with E-state index in [4.69, 9.17) is 16.9 Å². The van der Waals surface area contributed by atoms with Crippen molar-refractivity contribution in [3.63, 3.8) is 0 Å². The number of nitrogens with zero attached hydrogens (tertiary/aromatic N) is 5. The van der Waals surface area contributed by atoms with Gasteiger partial charge in [0.1, 0.15) is 11.6 Å². The lowest BCUT2D eigenvalue weighted by Crippen LogP contribution is -2.49. The van der Waals surface area contributed by atoms with Crippen molar-refractivity contribution in [1.82, 2.24) is 14.3 Å². The van der Waals surface area contributed by atoms with Gasteiger partial charge in [-0.15, -0.1) is 0 Å². The Morgan fingerprint density at radius 1 is 1.19 bits per heavy atom. The molecule has 0 amide bonds. The molecular formula is C20H21ClF3N5O2S. The second-order valence-electron chi connectivity index (χ2n) is 7.22. The highest BCUT2D eigenvalue weighted by molar-refractivity contribution is 7.89. The summed E-state index contributed by atoms with van der Waals surface area (Å²) in [6.45, 7) is 2.14. The molecule has 1 saturated heterocycles. The van der Waals surface area contributed by atoms with Crippen molar-refractivity contribution < 1.29 is 21.6 Å². The first kappa shape index (κ1) is 24.2. The van der Waals surface area contributed by atoms with Crippen LogP contribution >= 0.6 is 11.6 Å². The number of nitriles is 1. The lowest BCUT2D eigenvalue weighted by Gasteiger charge is -2.36. The van der Waals surface area contributed by atoms with Crippen LogP contribution in [0.25, 0.3) is 0 Å². The number of hydrogen-bond donors (Lipinski definition) is 0. The predicted molar refractivity (Wildman–Crippen MR) is 114 cm³/mol. The van der Waals surface area contributed by atoms with E-state index in [0.717, 1.165) is 0 Å². The largest absolute Gasteiger partial charge is 0.433 e. The van der Waals surface area contributed by atoms with E-state index in [2.05, 4.69) is 9.97 Å². The third kappa shape index (κ3) is 5.49. The molecule has 0 saturated carbocycles. The maximum atomic E-state index is 14.0. The highest BCUT2D eigenvalue weighted by Crippen LogP contribution is 2.36. The minimum absolute atomic E-state index is 0.0505. The molecule has 1 aliphatic heterocycles. The highest BCUT2D eigenvalue weighted by atomic mass is 35.5. The van der Waals surface area contributed by atoms with Gasteiger partial charge in [-0.1, -0.05) is 23.7 Å². The molecule has 0 N–H and O–H groups in total. The maximum absolute atomic E-state index is 14.0. The van der Waals surface area contributed by atoms with Crippen molar-refractivity contribution in [1.29, 1.82) is 5.26 Å². The molecule has 3 rings (SSSR count). The number of rotatable bonds is 6. The topological polar surface area (TPSA) is 90.2 Å². The van der Waals surface area contributed by atoms with Crippen molar-refractivity contribution in [3.05, 3.63) is 51.9 Å². The number of hydrogen-bond acceptors (Lipinski definition) is 6. The summed E-state index contributed by atoms with van der Waals surface area (Å²) in [4.78, 5) is 9.55. The molecular weight excluding hydrogens is 467 g/mol. The van der Waals surface area contributed by atoms with Crippen LogP contribution in [0, 0.1) is 11.3 Å². The summed E-state index contributed by atoms with van der Waals surface area (Å²) < 4.78 is 67.5. The first-order chi connectivity index (χ1) is 15.0.